The number of hydrogen-bond donors (Lipinski definition) is 0. The molecular weight excluding hydrogens is 263 g/mol. The molecule has 0 aliphatic carbocycles. The molecule has 0 aromatic heterocycles. The van der Waals surface area contributed by atoms with Crippen LogP contribution in [0, 0.1) is 12.7 Å². The van der Waals surface area contributed by atoms with E-state index in [9.17, 15) is 13.4 Å². The average Bonchev–Trinajstić information content (AvgIpc) is 2.39. The van der Waals surface area contributed by atoms with E-state index < -0.39 is 10.8 Å². The zero-order valence-corrected chi connectivity index (χ0v) is 11.2. The van der Waals surface area contributed by atoms with Crippen LogP contribution in [-0.4, -0.2) is 15.7 Å². The summed E-state index contributed by atoms with van der Waals surface area (Å²) in [5.41, 5.74) is 1.54. The van der Waals surface area contributed by atoms with Gasteiger partial charge in [0, 0.05) is 10.5 Å². The largest absolute Gasteiger partial charge is 0.293 e. The van der Waals surface area contributed by atoms with E-state index in [0.717, 1.165) is 5.56 Å². The van der Waals surface area contributed by atoms with Gasteiger partial charge in [0.15, 0.2) is 5.78 Å². The molecule has 0 saturated heterocycles. The van der Waals surface area contributed by atoms with Gasteiger partial charge < -0.3 is 0 Å². The number of rotatable bonds is 4. The van der Waals surface area contributed by atoms with Crippen molar-refractivity contribution in [2.24, 2.45) is 0 Å². The summed E-state index contributed by atoms with van der Waals surface area (Å²) in [6.07, 6.45) is 0. The van der Waals surface area contributed by atoms with E-state index in [4.69, 9.17) is 0 Å². The van der Waals surface area contributed by atoms with Crippen LogP contribution >= 0.6 is 0 Å². The normalized spacial score (nSPS) is 12.1. The first-order valence-corrected chi connectivity index (χ1v) is 7.12. The minimum Gasteiger partial charge on any atom is -0.293 e. The fraction of sp³-hybridized carbons (Fsp3) is 0.133. The molecule has 2 aromatic carbocycles. The monoisotopic (exact) mass is 276 g/mol. The Balaban J connectivity index is 2.11. The molecule has 0 aliphatic heterocycles. The summed E-state index contributed by atoms with van der Waals surface area (Å²) < 4.78 is 24.7. The summed E-state index contributed by atoms with van der Waals surface area (Å²) in [7, 11) is -1.45. The van der Waals surface area contributed by atoms with Crippen LogP contribution in [0.25, 0.3) is 0 Å². The van der Waals surface area contributed by atoms with Crippen molar-refractivity contribution in [3.05, 3.63) is 65.5 Å². The van der Waals surface area contributed by atoms with E-state index >= 15 is 0 Å². The molecule has 1 unspecified atom stereocenters. The van der Waals surface area contributed by atoms with E-state index in [2.05, 4.69) is 0 Å². The first-order valence-electron chi connectivity index (χ1n) is 5.80. The Morgan fingerprint density at radius 1 is 1.16 bits per heavy atom. The van der Waals surface area contributed by atoms with Gasteiger partial charge in [0.25, 0.3) is 0 Å². The maximum absolute atomic E-state index is 12.8. The molecule has 2 rings (SSSR count). The SMILES string of the molecule is Cc1cccc(C(=O)CS(=O)c2ccc(F)cc2)c1. The molecule has 0 radical (unpaired) electrons. The van der Waals surface area contributed by atoms with Crippen molar-refractivity contribution in [2.45, 2.75) is 11.8 Å². The quantitative estimate of drug-likeness (QED) is 0.804. The van der Waals surface area contributed by atoms with Gasteiger partial charge in [-0.2, -0.15) is 0 Å². The maximum atomic E-state index is 12.8. The molecule has 0 amide bonds. The number of ketones is 1. The predicted octanol–water partition coefficient (Wildman–Crippen LogP) is 3.12. The van der Waals surface area contributed by atoms with Crippen molar-refractivity contribution in [1.82, 2.24) is 0 Å². The molecular formula is C15H13FO2S. The maximum Gasteiger partial charge on any atom is 0.175 e. The van der Waals surface area contributed by atoms with Gasteiger partial charge in [-0.1, -0.05) is 23.8 Å². The van der Waals surface area contributed by atoms with Gasteiger partial charge in [-0.15, -0.1) is 0 Å². The lowest BCUT2D eigenvalue weighted by Gasteiger charge is -2.03. The van der Waals surface area contributed by atoms with Gasteiger partial charge >= 0.3 is 0 Å². The number of benzene rings is 2. The van der Waals surface area contributed by atoms with Crippen molar-refractivity contribution in [3.8, 4) is 0 Å². The predicted molar refractivity (Wildman–Crippen MR) is 73.2 cm³/mol. The number of Topliss-reactive ketones (excluding diaryl/α,β-unsaturated/α-hetero) is 1. The van der Waals surface area contributed by atoms with Crippen molar-refractivity contribution < 1.29 is 13.4 Å². The molecule has 0 heterocycles. The zero-order valence-electron chi connectivity index (χ0n) is 10.4. The molecule has 0 aliphatic rings. The standard InChI is InChI=1S/C15H13FO2S/c1-11-3-2-4-12(9-11)15(17)10-19(18)14-7-5-13(16)6-8-14/h2-9H,10H2,1H3. The van der Waals surface area contributed by atoms with Crippen molar-refractivity contribution in [3.63, 3.8) is 0 Å². The van der Waals surface area contributed by atoms with E-state index in [0.29, 0.717) is 10.5 Å². The van der Waals surface area contributed by atoms with Gasteiger partial charge in [0.2, 0.25) is 0 Å². The first-order chi connectivity index (χ1) is 9.06. The number of hydrogen-bond acceptors (Lipinski definition) is 2. The summed E-state index contributed by atoms with van der Waals surface area (Å²) in [6.45, 7) is 1.90. The molecule has 2 aromatic rings. The minimum absolute atomic E-state index is 0.0882. The minimum atomic E-state index is -1.45. The first kappa shape index (κ1) is 13.6. The second kappa shape index (κ2) is 5.89. The van der Waals surface area contributed by atoms with Crippen LogP contribution in [0.2, 0.25) is 0 Å². The van der Waals surface area contributed by atoms with Crippen LogP contribution in [0.15, 0.2) is 53.4 Å². The highest BCUT2D eigenvalue weighted by Crippen LogP contribution is 2.11. The number of aryl methyl sites for hydroxylation is 1. The number of carbonyl (C=O) groups excluding carboxylic acids is 1. The molecule has 2 nitrogen and oxygen atoms in total. The Morgan fingerprint density at radius 2 is 1.84 bits per heavy atom. The Bertz CT molecular complexity index is 620. The third-order valence-corrected chi connectivity index (χ3v) is 4.00. The van der Waals surface area contributed by atoms with Gasteiger partial charge in [0.05, 0.1) is 16.6 Å². The van der Waals surface area contributed by atoms with Crippen LogP contribution in [0.1, 0.15) is 15.9 Å². The molecule has 0 fully saturated rings. The van der Waals surface area contributed by atoms with E-state index in [-0.39, 0.29) is 17.4 Å². The molecule has 19 heavy (non-hydrogen) atoms. The summed E-state index contributed by atoms with van der Waals surface area (Å²) in [5.74, 6) is -0.646. The molecule has 1 atom stereocenters. The Hall–Kier alpha value is -1.81. The zero-order chi connectivity index (χ0) is 13.8. The molecule has 0 bridgehead atoms. The highest BCUT2D eigenvalue weighted by atomic mass is 32.2. The molecule has 0 saturated carbocycles. The van der Waals surface area contributed by atoms with Crippen molar-refractivity contribution in [2.75, 3.05) is 5.75 Å². The Morgan fingerprint density at radius 3 is 2.47 bits per heavy atom. The van der Waals surface area contributed by atoms with Crippen molar-refractivity contribution >= 4 is 16.6 Å². The smallest absolute Gasteiger partial charge is 0.175 e. The highest BCUT2D eigenvalue weighted by Gasteiger charge is 2.12. The van der Waals surface area contributed by atoms with Crippen LogP contribution < -0.4 is 0 Å². The fourth-order valence-electron chi connectivity index (χ4n) is 1.69. The molecule has 4 heteroatoms. The highest BCUT2D eigenvalue weighted by molar-refractivity contribution is 7.85. The second-order valence-corrected chi connectivity index (χ2v) is 5.69. The summed E-state index contributed by atoms with van der Waals surface area (Å²) >= 11 is 0. The second-order valence-electron chi connectivity index (χ2n) is 4.24. The summed E-state index contributed by atoms with van der Waals surface area (Å²) in [5, 5.41) is 0. The summed E-state index contributed by atoms with van der Waals surface area (Å²) in [4.78, 5) is 12.4. The Kier molecular flexibility index (Phi) is 4.22. The fourth-order valence-corrected chi connectivity index (χ4v) is 2.70. The van der Waals surface area contributed by atoms with Crippen LogP contribution in [-0.2, 0) is 10.8 Å². The lowest BCUT2D eigenvalue weighted by Crippen LogP contribution is -2.11. The third-order valence-electron chi connectivity index (χ3n) is 2.68. The van der Waals surface area contributed by atoms with Gasteiger partial charge in [-0.05, 0) is 37.3 Å². The average molecular weight is 276 g/mol. The number of carbonyl (C=O) groups is 1. The lowest BCUT2D eigenvalue weighted by atomic mass is 10.1. The molecule has 0 N–H and O–H groups in total. The molecule has 0 spiro atoms. The summed E-state index contributed by atoms with van der Waals surface area (Å²) in [6, 6.07) is 12.5. The van der Waals surface area contributed by atoms with Crippen LogP contribution in [0.5, 0.6) is 0 Å². The number of halogens is 1. The Labute approximate surface area is 113 Å². The van der Waals surface area contributed by atoms with Gasteiger partial charge in [-0.3, -0.25) is 9.00 Å². The van der Waals surface area contributed by atoms with E-state index in [1.807, 2.05) is 13.0 Å². The lowest BCUT2D eigenvalue weighted by molar-refractivity contribution is 0.102. The van der Waals surface area contributed by atoms with Crippen LogP contribution in [0.4, 0.5) is 4.39 Å². The van der Waals surface area contributed by atoms with Crippen molar-refractivity contribution in [1.29, 1.82) is 0 Å². The molecule has 98 valence electrons. The van der Waals surface area contributed by atoms with E-state index in [1.54, 1.807) is 18.2 Å². The van der Waals surface area contributed by atoms with Gasteiger partial charge in [-0.25, -0.2) is 4.39 Å². The van der Waals surface area contributed by atoms with E-state index in [1.165, 1.54) is 24.3 Å². The third kappa shape index (κ3) is 3.58. The topological polar surface area (TPSA) is 34.1 Å². The van der Waals surface area contributed by atoms with Crippen LogP contribution in [0.3, 0.4) is 0 Å². The van der Waals surface area contributed by atoms with Gasteiger partial charge in [0.1, 0.15) is 5.82 Å².